The molecule has 0 saturated heterocycles. The van der Waals surface area contributed by atoms with E-state index in [4.69, 9.17) is 9.72 Å². The summed E-state index contributed by atoms with van der Waals surface area (Å²) in [5.41, 5.74) is 4.52. The zero-order chi connectivity index (χ0) is 21.5. The number of aliphatic carboxylic acids is 1. The molecule has 4 nitrogen and oxygen atoms in total. The Morgan fingerprint density at radius 2 is 2.00 bits per heavy atom. The normalized spacial score (nSPS) is 15.2. The van der Waals surface area contributed by atoms with Crippen molar-refractivity contribution in [3.05, 3.63) is 57.1 Å². The summed E-state index contributed by atoms with van der Waals surface area (Å²) in [4.78, 5) is 19.9. The first-order chi connectivity index (χ1) is 14.4. The number of rotatable bonds is 7. The van der Waals surface area contributed by atoms with Crippen molar-refractivity contribution in [2.45, 2.75) is 64.7 Å². The molecule has 1 aliphatic carbocycles. The summed E-state index contributed by atoms with van der Waals surface area (Å²) in [5, 5.41) is 11.5. The van der Waals surface area contributed by atoms with E-state index in [0.717, 1.165) is 52.2 Å². The number of fused-ring (bicyclic) bond motifs is 3. The zero-order valence-electron chi connectivity index (χ0n) is 18.2. The van der Waals surface area contributed by atoms with Gasteiger partial charge in [-0.25, -0.2) is 4.98 Å². The van der Waals surface area contributed by atoms with E-state index in [1.807, 2.05) is 32.9 Å². The average molecular weight is 424 g/mol. The molecule has 1 unspecified atom stereocenters. The number of carboxylic acid groups (broad SMARTS) is 1. The van der Waals surface area contributed by atoms with Crippen LogP contribution >= 0.6 is 11.3 Å². The first-order valence-corrected chi connectivity index (χ1v) is 11.5. The quantitative estimate of drug-likeness (QED) is 0.519. The molecule has 2 heterocycles. The van der Waals surface area contributed by atoms with Crippen LogP contribution in [-0.2, 0) is 29.5 Å². The third kappa shape index (κ3) is 3.39. The highest BCUT2D eigenvalue weighted by Gasteiger charge is 2.39. The highest BCUT2D eigenvalue weighted by molar-refractivity contribution is 7.18. The number of thiophene rings is 1. The molecule has 1 aromatic carbocycles. The SMILES string of the molecule is CCCC(C)(C(=O)O)c1c(C)nc2sc3c(c2c1Cc1ccc(OC)cc1)CCC3. The summed E-state index contributed by atoms with van der Waals surface area (Å²) in [5.74, 6) is 0.0595. The lowest BCUT2D eigenvalue weighted by atomic mass is 9.74. The van der Waals surface area contributed by atoms with Gasteiger partial charge < -0.3 is 9.84 Å². The van der Waals surface area contributed by atoms with Crippen molar-refractivity contribution < 1.29 is 14.6 Å². The number of ether oxygens (including phenoxy) is 1. The predicted octanol–water partition coefficient (Wildman–Crippen LogP) is 5.84. The molecule has 1 aliphatic rings. The van der Waals surface area contributed by atoms with Gasteiger partial charge in [0.2, 0.25) is 0 Å². The van der Waals surface area contributed by atoms with Gasteiger partial charge >= 0.3 is 5.97 Å². The number of aryl methyl sites for hydroxylation is 3. The van der Waals surface area contributed by atoms with Gasteiger partial charge in [-0.15, -0.1) is 11.3 Å². The van der Waals surface area contributed by atoms with Gasteiger partial charge in [0.05, 0.1) is 12.5 Å². The number of hydrogen-bond donors (Lipinski definition) is 1. The summed E-state index contributed by atoms with van der Waals surface area (Å²) in [7, 11) is 1.67. The van der Waals surface area contributed by atoms with Crippen molar-refractivity contribution in [3.63, 3.8) is 0 Å². The number of carboxylic acids is 1. The Bertz CT molecular complexity index is 1100. The lowest BCUT2D eigenvalue weighted by molar-refractivity contribution is -0.143. The fraction of sp³-hybridized carbons (Fsp3) is 0.440. The Labute approximate surface area is 181 Å². The van der Waals surface area contributed by atoms with Crippen LogP contribution in [0.3, 0.4) is 0 Å². The second kappa shape index (κ2) is 8.03. The Morgan fingerprint density at radius 1 is 1.27 bits per heavy atom. The van der Waals surface area contributed by atoms with E-state index < -0.39 is 11.4 Å². The molecule has 0 spiro atoms. The fourth-order valence-electron chi connectivity index (χ4n) is 5.03. The molecule has 0 aliphatic heterocycles. The van der Waals surface area contributed by atoms with Crippen molar-refractivity contribution >= 4 is 27.5 Å². The molecule has 1 atom stereocenters. The summed E-state index contributed by atoms with van der Waals surface area (Å²) in [6.45, 7) is 5.90. The Balaban J connectivity index is 1.98. The molecule has 0 bridgehead atoms. The maximum absolute atomic E-state index is 12.5. The minimum absolute atomic E-state index is 0.596. The van der Waals surface area contributed by atoms with Gasteiger partial charge in [-0.1, -0.05) is 25.5 Å². The van der Waals surface area contributed by atoms with Crippen LogP contribution in [0.1, 0.15) is 65.9 Å². The van der Waals surface area contributed by atoms with Crippen LogP contribution in [0.2, 0.25) is 0 Å². The second-order valence-corrected chi connectivity index (χ2v) is 9.58. The van der Waals surface area contributed by atoms with Crippen molar-refractivity contribution in [1.29, 1.82) is 0 Å². The standard InChI is InChI=1S/C25H29NO3S/c1-5-13-25(3,24(27)28)22-15(2)26-23-21(18-7-6-8-20(18)30-23)19(22)14-16-9-11-17(29-4)12-10-16/h9-12H,5-8,13-14H2,1-4H3,(H,27,28). The van der Waals surface area contributed by atoms with E-state index in [1.54, 1.807) is 18.4 Å². The summed E-state index contributed by atoms with van der Waals surface area (Å²) >= 11 is 1.79. The number of benzene rings is 1. The molecule has 2 aromatic heterocycles. The molecule has 1 N–H and O–H groups in total. The fourth-order valence-corrected chi connectivity index (χ4v) is 6.37. The average Bonchev–Trinajstić information content (AvgIpc) is 3.29. The van der Waals surface area contributed by atoms with E-state index in [-0.39, 0.29) is 0 Å². The third-order valence-corrected chi connectivity index (χ3v) is 7.64. The molecule has 30 heavy (non-hydrogen) atoms. The number of nitrogens with zero attached hydrogens (tertiary/aromatic N) is 1. The number of aromatic nitrogens is 1. The lowest BCUT2D eigenvalue weighted by Crippen LogP contribution is -2.34. The first-order valence-electron chi connectivity index (χ1n) is 10.7. The summed E-state index contributed by atoms with van der Waals surface area (Å²) in [6, 6.07) is 8.10. The minimum Gasteiger partial charge on any atom is -0.497 e. The van der Waals surface area contributed by atoms with Crippen LogP contribution in [0.25, 0.3) is 10.2 Å². The van der Waals surface area contributed by atoms with Crippen molar-refractivity contribution in [1.82, 2.24) is 4.98 Å². The van der Waals surface area contributed by atoms with E-state index in [9.17, 15) is 9.90 Å². The van der Waals surface area contributed by atoms with E-state index >= 15 is 0 Å². The van der Waals surface area contributed by atoms with Gasteiger partial charge in [0, 0.05) is 16.0 Å². The molecule has 0 fully saturated rings. The van der Waals surface area contributed by atoms with Crippen LogP contribution in [0.4, 0.5) is 0 Å². The van der Waals surface area contributed by atoms with Crippen LogP contribution < -0.4 is 4.74 Å². The molecular weight excluding hydrogens is 394 g/mol. The number of methoxy groups -OCH3 is 1. The minimum atomic E-state index is -0.949. The molecular formula is C25H29NO3S. The number of carbonyl (C=O) groups is 1. The zero-order valence-corrected chi connectivity index (χ0v) is 19.0. The highest BCUT2D eigenvalue weighted by Crippen LogP contribution is 2.44. The Hall–Kier alpha value is -2.40. The topological polar surface area (TPSA) is 59.4 Å². The van der Waals surface area contributed by atoms with Crippen molar-refractivity contribution in [3.8, 4) is 5.75 Å². The Morgan fingerprint density at radius 3 is 2.63 bits per heavy atom. The molecule has 3 aromatic rings. The summed E-state index contributed by atoms with van der Waals surface area (Å²) < 4.78 is 5.31. The predicted molar refractivity (Wildman–Crippen MR) is 122 cm³/mol. The van der Waals surface area contributed by atoms with Crippen molar-refractivity contribution in [2.75, 3.05) is 7.11 Å². The number of pyridine rings is 1. The Kier molecular flexibility index (Phi) is 5.58. The highest BCUT2D eigenvalue weighted by atomic mass is 32.1. The summed E-state index contributed by atoms with van der Waals surface area (Å²) in [6.07, 6.45) is 5.45. The maximum Gasteiger partial charge on any atom is 0.313 e. The smallest absolute Gasteiger partial charge is 0.313 e. The van der Waals surface area contributed by atoms with Crippen LogP contribution in [0, 0.1) is 6.92 Å². The van der Waals surface area contributed by atoms with E-state index in [0.29, 0.717) is 12.8 Å². The second-order valence-electron chi connectivity index (χ2n) is 8.50. The van der Waals surface area contributed by atoms with Crippen LogP contribution in [0.5, 0.6) is 5.75 Å². The van der Waals surface area contributed by atoms with E-state index in [1.165, 1.54) is 22.2 Å². The van der Waals surface area contributed by atoms with Gasteiger partial charge in [0.15, 0.2) is 0 Å². The van der Waals surface area contributed by atoms with Gasteiger partial charge in [0.25, 0.3) is 0 Å². The molecule has 158 valence electrons. The van der Waals surface area contributed by atoms with Gasteiger partial charge in [-0.2, -0.15) is 0 Å². The molecule has 0 saturated carbocycles. The van der Waals surface area contributed by atoms with Crippen molar-refractivity contribution in [2.24, 2.45) is 0 Å². The third-order valence-electron chi connectivity index (χ3n) is 6.45. The largest absolute Gasteiger partial charge is 0.497 e. The van der Waals surface area contributed by atoms with Gasteiger partial charge in [-0.3, -0.25) is 4.79 Å². The first kappa shape index (κ1) is 20.9. The van der Waals surface area contributed by atoms with Gasteiger partial charge in [0.1, 0.15) is 10.6 Å². The monoisotopic (exact) mass is 423 g/mol. The van der Waals surface area contributed by atoms with Crippen LogP contribution in [0.15, 0.2) is 24.3 Å². The van der Waals surface area contributed by atoms with E-state index in [2.05, 4.69) is 12.1 Å². The lowest BCUT2D eigenvalue weighted by Gasteiger charge is -2.29. The van der Waals surface area contributed by atoms with Crippen LogP contribution in [-0.4, -0.2) is 23.2 Å². The van der Waals surface area contributed by atoms with Gasteiger partial charge in [-0.05, 0) is 80.3 Å². The molecule has 5 heteroatoms. The number of hydrogen-bond acceptors (Lipinski definition) is 4. The molecule has 4 rings (SSSR count). The molecule has 0 amide bonds. The molecule has 0 radical (unpaired) electrons. The maximum atomic E-state index is 12.5.